The first-order valence-electron chi connectivity index (χ1n) is 8.73. The van der Waals surface area contributed by atoms with E-state index in [1.807, 2.05) is 24.0 Å². The van der Waals surface area contributed by atoms with Gasteiger partial charge in [0.1, 0.15) is 0 Å². The minimum Gasteiger partial charge on any atom is -0.373 e. The summed E-state index contributed by atoms with van der Waals surface area (Å²) < 4.78 is 6.04. The Morgan fingerprint density at radius 2 is 1.96 bits per heavy atom. The lowest BCUT2D eigenvalue weighted by molar-refractivity contribution is -0.136. The molecule has 2 atom stereocenters. The Morgan fingerprint density at radius 1 is 1.33 bits per heavy atom. The van der Waals surface area contributed by atoms with Crippen LogP contribution in [0.25, 0.3) is 0 Å². The molecule has 24 heavy (non-hydrogen) atoms. The Bertz CT molecular complexity index is 516. The molecule has 5 heteroatoms. The molecule has 0 radical (unpaired) electrons. The number of halogens is 1. The van der Waals surface area contributed by atoms with Gasteiger partial charge in [-0.2, -0.15) is 0 Å². The quantitative estimate of drug-likeness (QED) is 0.852. The zero-order chi connectivity index (χ0) is 16.8. The van der Waals surface area contributed by atoms with Crippen molar-refractivity contribution in [1.29, 1.82) is 0 Å². The van der Waals surface area contributed by atoms with E-state index in [0.29, 0.717) is 6.61 Å². The van der Waals surface area contributed by atoms with Gasteiger partial charge in [0.2, 0.25) is 5.91 Å². The summed E-state index contributed by atoms with van der Waals surface area (Å²) in [6.45, 7) is 8.38. The van der Waals surface area contributed by atoms with Gasteiger partial charge in [-0.1, -0.05) is 44.5 Å². The highest BCUT2D eigenvalue weighted by molar-refractivity contribution is 5.85. The Hall–Kier alpha value is -1.10. The number of likely N-dealkylation sites (tertiary alicyclic amines) is 1. The van der Waals surface area contributed by atoms with Gasteiger partial charge in [-0.15, -0.1) is 12.4 Å². The number of hydrogen-bond donors (Lipinski definition) is 1. The van der Waals surface area contributed by atoms with Crippen molar-refractivity contribution in [2.75, 3.05) is 13.1 Å². The van der Waals surface area contributed by atoms with Gasteiger partial charge in [0.05, 0.1) is 18.8 Å². The third kappa shape index (κ3) is 5.47. The minimum absolute atomic E-state index is 0. The van der Waals surface area contributed by atoms with Crippen molar-refractivity contribution in [1.82, 2.24) is 4.90 Å². The average molecular weight is 355 g/mol. The van der Waals surface area contributed by atoms with Crippen molar-refractivity contribution in [3.8, 4) is 0 Å². The molecule has 1 aromatic rings. The lowest BCUT2D eigenvalue weighted by Crippen LogP contribution is -2.50. The molecule has 1 saturated heterocycles. The van der Waals surface area contributed by atoms with Gasteiger partial charge in [-0.3, -0.25) is 4.79 Å². The number of nitrogens with two attached hydrogens (primary N) is 1. The molecule has 1 aliphatic heterocycles. The molecule has 1 fully saturated rings. The maximum absolute atomic E-state index is 12.4. The number of piperidine rings is 1. The SMILES string of the molecule is CC[C@H](C)[C@H](N)C(=O)N1CCC(OCc2ccccc2C)CC1.Cl. The van der Waals surface area contributed by atoms with Gasteiger partial charge in [0.25, 0.3) is 0 Å². The number of carbonyl (C=O) groups is 1. The predicted octanol–water partition coefficient (Wildman–Crippen LogP) is 3.30. The Labute approximate surface area is 152 Å². The second kappa shape index (κ2) is 10.0. The monoisotopic (exact) mass is 354 g/mol. The predicted molar refractivity (Wildman–Crippen MR) is 100 cm³/mol. The fourth-order valence-electron chi connectivity index (χ4n) is 2.93. The summed E-state index contributed by atoms with van der Waals surface area (Å²) in [6, 6.07) is 7.94. The number of aryl methyl sites for hydroxylation is 1. The van der Waals surface area contributed by atoms with Crippen molar-refractivity contribution in [2.24, 2.45) is 11.7 Å². The van der Waals surface area contributed by atoms with Crippen LogP contribution in [0.15, 0.2) is 24.3 Å². The molecule has 1 amide bonds. The smallest absolute Gasteiger partial charge is 0.239 e. The van der Waals surface area contributed by atoms with E-state index in [9.17, 15) is 4.79 Å². The molecule has 1 heterocycles. The van der Waals surface area contributed by atoms with Crippen LogP contribution in [0.5, 0.6) is 0 Å². The zero-order valence-corrected chi connectivity index (χ0v) is 15.8. The van der Waals surface area contributed by atoms with E-state index >= 15 is 0 Å². The Balaban J connectivity index is 0.00000288. The summed E-state index contributed by atoms with van der Waals surface area (Å²) in [5.41, 5.74) is 8.57. The van der Waals surface area contributed by atoms with Gasteiger partial charge in [0.15, 0.2) is 0 Å². The number of amides is 1. The lowest BCUT2D eigenvalue weighted by atomic mass is 9.97. The first-order chi connectivity index (χ1) is 11.0. The Kier molecular flexibility index (Phi) is 8.74. The van der Waals surface area contributed by atoms with Crippen LogP contribution in [0, 0.1) is 12.8 Å². The molecule has 136 valence electrons. The van der Waals surface area contributed by atoms with Crippen molar-refractivity contribution >= 4 is 18.3 Å². The maximum Gasteiger partial charge on any atom is 0.239 e. The number of hydrogen-bond acceptors (Lipinski definition) is 3. The van der Waals surface area contributed by atoms with Crippen LogP contribution < -0.4 is 5.73 Å². The van der Waals surface area contributed by atoms with Crippen LogP contribution in [0.4, 0.5) is 0 Å². The molecule has 0 bridgehead atoms. The normalized spacial score (nSPS) is 17.9. The molecule has 0 aliphatic carbocycles. The minimum atomic E-state index is -0.371. The molecule has 0 aromatic heterocycles. The molecule has 1 aromatic carbocycles. The lowest BCUT2D eigenvalue weighted by Gasteiger charge is -2.34. The highest BCUT2D eigenvalue weighted by Crippen LogP contribution is 2.19. The summed E-state index contributed by atoms with van der Waals surface area (Å²) in [4.78, 5) is 14.3. The third-order valence-corrected chi connectivity index (χ3v) is 5.03. The zero-order valence-electron chi connectivity index (χ0n) is 15.0. The second-order valence-electron chi connectivity index (χ2n) is 6.67. The van der Waals surface area contributed by atoms with Crippen LogP contribution in [-0.2, 0) is 16.1 Å². The molecular weight excluding hydrogens is 324 g/mol. The molecule has 1 aliphatic rings. The molecule has 4 nitrogen and oxygen atoms in total. The summed E-state index contributed by atoms with van der Waals surface area (Å²) in [6.07, 6.45) is 2.96. The summed E-state index contributed by atoms with van der Waals surface area (Å²) in [5, 5.41) is 0. The largest absolute Gasteiger partial charge is 0.373 e. The summed E-state index contributed by atoms with van der Waals surface area (Å²) in [5.74, 6) is 0.328. The highest BCUT2D eigenvalue weighted by atomic mass is 35.5. The van der Waals surface area contributed by atoms with Gasteiger partial charge in [0, 0.05) is 13.1 Å². The number of ether oxygens (including phenoxy) is 1. The number of nitrogens with zero attached hydrogens (tertiary/aromatic N) is 1. The standard InChI is InChI=1S/C19H30N2O2.ClH/c1-4-14(2)18(20)19(22)21-11-9-17(10-12-21)23-13-16-8-6-5-7-15(16)3;/h5-8,14,17-18H,4,9-13,20H2,1-3H3;1H/t14-,18-;/m0./s1. The second-order valence-corrected chi connectivity index (χ2v) is 6.67. The van der Waals surface area contributed by atoms with Crippen molar-refractivity contribution in [3.63, 3.8) is 0 Å². The van der Waals surface area contributed by atoms with Crippen molar-refractivity contribution in [3.05, 3.63) is 35.4 Å². The van der Waals surface area contributed by atoms with Crippen LogP contribution in [0.3, 0.4) is 0 Å². The van der Waals surface area contributed by atoms with Gasteiger partial charge >= 0.3 is 0 Å². The summed E-state index contributed by atoms with van der Waals surface area (Å²) >= 11 is 0. The topological polar surface area (TPSA) is 55.6 Å². The van der Waals surface area contributed by atoms with E-state index in [1.54, 1.807) is 0 Å². The Morgan fingerprint density at radius 3 is 2.54 bits per heavy atom. The number of carbonyl (C=O) groups excluding carboxylic acids is 1. The van der Waals surface area contributed by atoms with E-state index in [0.717, 1.165) is 32.4 Å². The molecule has 0 saturated carbocycles. The molecular formula is C19H31ClN2O2. The van der Waals surface area contributed by atoms with Gasteiger partial charge < -0.3 is 15.4 Å². The van der Waals surface area contributed by atoms with E-state index in [4.69, 9.17) is 10.5 Å². The first-order valence-corrected chi connectivity index (χ1v) is 8.73. The number of rotatable bonds is 6. The number of benzene rings is 1. The van der Waals surface area contributed by atoms with Crippen LogP contribution in [-0.4, -0.2) is 36.0 Å². The average Bonchev–Trinajstić information content (AvgIpc) is 2.59. The van der Waals surface area contributed by atoms with E-state index in [-0.39, 0.29) is 36.4 Å². The van der Waals surface area contributed by atoms with Crippen molar-refractivity contribution < 1.29 is 9.53 Å². The van der Waals surface area contributed by atoms with Crippen LogP contribution in [0.1, 0.15) is 44.2 Å². The van der Waals surface area contributed by atoms with Gasteiger partial charge in [-0.25, -0.2) is 0 Å². The fourth-order valence-corrected chi connectivity index (χ4v) is 2.93. The van der Waals surface area contributed by atoms with Crippen LogP contribution in [0.2, 0.25) is 0 Å². The van der Waals surface area contributed by atoms with E-state index in [1.165, 1.54) is 11.1 Å². The van der Waals surface area contributed by atoms with Crippen LogP contribution >= 0.6 is 12.4 Å². The maximum atomic E-state index is 12.4. The molecule has 2 rings (SSSR count). The fraction of sp³-hybridized carbons (Fsp3) is 0.632. The molecule has 0 unspecified atom stereocenters. The van der Waals surface area contributed by atoms with E-state index in [2.05, 4.69) is 26.0 Å². The highest BCUT2D eigenvalue weighted by Gasteiger charge is 2.28. The first kappa shape index (κ1) is 20.9. The van der Waals surface area contributed by atoms with Crippen molar-refractivity contribution in [2.45, 2.75) is 58.8 Å². The van der Waals surface area contributed by atoms with Gasteiger partial charge in [-0.05, 0) is 36.8 Å². The van der Waals surface area contributed by atoms with E-state index < -0.39 is 0 Å². The summed E-state index contributed by atoms with van der Waals surface area (Å²) in [7, 11) is 0. The molecule has 0 spiro atoms. The molecule has 2 N–H and O–H groups in total. The third-order valence-electron chi connectivity index (χ3n) is 5.03.